The first-order valence-electron chi connectivity index (χ1n) is 24.7. The van der Waals surface area contributed by atoms with Gasteiger partial charge in [-0.2, -0.15) is 0 Å². The average Bonchev–Trinajstić information content (AvgIpc) is 3.20. The molecule has 12 nitrogen and oxygen atoms in total. The predicted octanol–water partition coefficient (Wildman–Crippen LogP) is 10.7. The fourth-order valence-corrected chi connectivity index (χ4v) is 8.40. The van der Waals surface area contributed by atoms with E-state index in [1.165, 1.54) is 150 Å². The highest BCUT2D eigenvalue weighted by molar-refractivity contribution is 5.76. The van der Waals surface area contributed by atoms with Crippen LogP contribution in [-0.2, 0) is 47.7 Å². The van der Waals surface area contributed by atoms with Crippen LogP contribution in [0.15, 0.2) is 0 Å². The third-order valence-electron chi connectivity index (χ3n) is 11.7. The van der Waals surface area contributed by atoms with E-state index in [1.807, 2.05) is 0 Å². The molecule has 1 aliphatic rings. The molecule has 2 N–H and O–H groups in total. The Bertz CT molecular complexity index is 1170. The quantitative estimate of drug-likeness (QED) is 0.0345. The second-order valence-corrected chi connectivity index (χ2v) is 17.6. The summed E-state index contributed by atoms with van der Waals surface area (Å²) >= 11 is 0. The molecule has 0 aromatic heterocycles. The van der Waals surface area contributed by atoms with Crippen molar-refractivity contribution in [3.63, 3.8) is 0 Å². The van der Waals surface area contributed by atoms with Gasteiger partial charge in [-0.1, -0.05) is 181 Å². The fourth-order valence-electron chi connectivity index (χ4n) is 8.40. The smallest absolute Gasteiger partial charge is 0.303 e. The molecular formula is C49H89NO11. The van der Waals surface area contributed by atoms with Crippen LogP contribution in [-0.4, -0.2) is 84.2 Å². The summed E-state index contributed by atoms with van der Waals surface area (Å²) in [6.07, 6.45) is 27.4. The zero-order valence-electron chi connectivity index (χ0n) is 39.5. The van der Waals surface area contributed by atoms with Crippen molar-refractivity contribution in [2.75, 3.05) is 6.61 Å². The molecule has 0 aliphatic carbocycles. The van der Waals surface area contributed by atoms with E-state index < -0.39 is 66.5 Å². The summed E-state index contributed by atoms with van der Waals surface area (Å²) in [6, 6.07) is -0.792. The minimum atomic E-state index is -1.31. The highest BCUT2D eigenvalue weighted by Gasteiger charge is 2.52. The molecule has 1 rings (SSSR count). The third kappa shape index (κ3) is 29.3. The number of unbranched alkanes of at least 4 members (excludes halogenated alkanes) is 25. The van der Waals surface area contributed by atoms with Gasteiger partial charge in [0.2, 0.25) is 5.91 Å². The number of aliphatic hydroxyl groups is 1. The lowest BCUT2D eigenvalue weighted by Crippen LogP contribution is -2.63. The second kappa shape index (κ2) is 36.7. The fraction of sp³-hybridized carbons (Fsp3) is 0.898. The molecule has 0 saturated carbocycles. The summed E-state index contributed by atoms with van der Waals surface area (Å²) in [6.45, 7) is 8.79. The number of carbonyl (C=O) groups excluding carboxylic acids is 5. The topological polar surface area (TPSA) is 164 Å². The molecule has 12 heteroatoms. The Labute approximate surface area is 370 Å². The van der Waals surface area contributed by atoms with E-state index >= 15 is 0 Å². The number of aliphatic hydroxyl groups excluding tert-OH is 1. The maximum Gasteiger partial charge on any atom is 0.303 e. The second-order valence-electron chi connectivity index (χ2n) is 17.6. The zero-order valence-corrected chi connectivity index (χ0v) is 39.5. The van der Waals surface area contributed by atoms with Gasteiger partial charge in [-0.05, 0) is 12.8 Å². The number of ether oxygens (including phenoxy) is 5. The maximum absolute atomic E-state index is 13.3. The standard InChI is InChI=1S/C49H89NO11/c1-7-9-11-13-14-15-16-17-18-19-20-21-22-23-24-25-26-27-28-29-30-31-33-35-46(56)50-42(43(55)34-32-12-10-8-2)36-44-47(58-39(4)52)49(60-41(6)54)48(59-40(5)53)45(61-44)37-57-38(3)51/h42-45,47-49,55H,7-37H2,1-6H3,(H,50,56)/t42-,43-,44?,45-,47+,48+,49-/m1/s1. The summed E-state index contributed by atoms with van der Waals surface area (Å²) in [5.41, 5.74) is 0. The van der Waals surface area contributed by atoms with Gasteiger partial charge in [0.1, 0.15) is 18.8 Å². The number of carbonyl (C=O) groups is 5. The maximum atomic E-state index is 13.3. The van der Waals surface area contributed by atoms with Gasteiger partial charge in [0.05, 0.1) is 12.1 Å². The van der Waals surface area contributed by atoms with E-state index in [-0.39, 0.29) is 18.9 Å². The highest BCUT2D eigenvalue weighted by atomic mass is 16.7. The third-order valence-corrected chi connectivity index (χ3v) is 11.7. The first-order chi connectivity index (χ1) is 29.4. The lowest BCUT2D eigenvalue weighted by atomic mass is 9.88. The van der Waals surface area contributed by atoms with Gasteiger partial charge in [0, 0.05) is 40.5 Å². The molecule has 356 valence electrons. The van der Waals surface area contributed by atoms with Crippen LogP contribution < -0.4 is 5.32 Å². The normalized spacial score (nSPS) is 19.8. The average molecular weight is 868 g/mol. The van der Waals surface area contributed by atoms with Crippen LogP contribution in [0.25, 0.3) is 0 Å². The Morgan fingerprint density at radius 1 is 0.492 bits per heavy atom. The Hall–Kier alpha value is -2.73. The van der Waals surface area contributed by atoms with E-state index in [9.17, 15) is 29.1 Å². The summed E-state index contributed by atoms with van der Waals surface area (Å²) in [5.74, 6) is -2.94. The number of rotatable bonds is 38. The highest BCUT2D eigenvalue weighted by Crippen LogP contribution is 2.32. The van der Waals surface area contributed by atoms with Crippen LogP contribution in [0.1, 0.15) is 234 Å². The van der Waals surface area contributed by atoms with Crippen molar-refractivity contribution < 1.29 is 52.8 Å². The molecule has 0 bridgehead atoms. The number of amides is 1. The lowest BCUT2D eigenvalue weighted by molar-refractivity contribution is -0.254. The monoisotopic (exact) mass is 868 g/mol. The number of nitrogens with one attached hydrogen (secondary N) is 1. The SMILES string of the molecule is CCCCCCCCCCCCCCCCCCCCCCCCCC(=O)N[C@H](CC1O[C@H](COC(C)=O)[C@H](OC(C)=O)[C@H](OC(C)=O)[C@H]1OC(C)=O)[C@H](O)CCCCCC. The van der Waals surface area contributed by atoms with Crippen LogP contribution >= 0.6 is 0 Å². The van der Waals surface area contributed by atoms with Crippen LogP contribution in [0, 0.1) is 0 Å². The first kappa shape index (κ1) is 56.3. The van der Waals surface area contributed by atoms with Gasteiger partial charge in [-0.3, -0.25) is 24.0 Å². The van der Waals surface area contributed by atoms with E-state index in [1.54, 1.807) is 0 Å². The van der Waals surface area contributed by atoms with Crippen molar-refractivity contribution in [3.05, 3.63) is 0 Å². The zero-order chi connectivity index (χ0) is 45.1. The van der Waals surface area contributed by atoms with Crippen molar-refractivity contribution >= 4 is 29.8 Å². The largest absolute Gasteiger partial charge is 0.463 e. The number of esters is 4. The number of hydrogen-bond donors (Lipinski definition) is 2. The Morgan fingerprint density at radius 2 is 0.852 bits per heavy atom. The molecule has 1 saturated heterocycles. The van der Waals surface area contributed by atoms with Crippen molar-refractivity contribution in [2.24, 2.45) is 0 Å². The van der Waals surface area contributed by atoms with Gasteiger partial charge in [-0.15, -0.1) is 0 Å². The van der Waals surface area contributed by atoms with Crippen LogP contribution in [0.3, 0.4) is 0 Å². The van der Waals surface area contributed by atoms with Gasteiger partial charge in [0.25, 0.3) is 0 Å². The van der Waals surface area contributed by atoms with Gasteiger partial charge >= 0.3 is 23.9 Å². The van der Waals surface area contributed by atoms with E-state index in [0.29, 0.717) is 12.8 Å². The van der Waals surface area contributed by atoms with Gasteiger partial charge < -0.3 is 34.1 Å². The molecule has 1 aliphatic heterocycles. The minimum Gasteiger partial charge on any atom is -0.463 e. The molecule has 0 aromatic rings. The summed E-state index contributed by atoms with van der Waals surface area (Å²) < 4.78 is 28.3. The van der Waals surface area contributed by atoms with Crippen molar-refractivity contribution in [1.82, 2.24) is 5.32 Å². The first-order valence-corrected chi connectivity index (χ1v) is 24.7. The molecule has 0 spiro atoms. The lowest BCUT2D eigenvalue weighted by Gasteiger charge is -2.45. The van der Waals surface area contributed by atoms with E-state index in [4.69, 9.17) is 23.7 Å². The Kier molecular flexibility index (Phi) is 33.9. The van der Waals surface area contributed by atoms with Crippen LogP contribution in [0.2, 0.25) is 0 Å². The molecule has 1 heterocycles. The molecule has 61 heavy (non-hydrogen) atoms. The van der Waals surface area contributed by atoms with Crippen molar-refractivity contribution in [3.8, 4) is 0 Å². The molecule has 1 amide bonds. The van der Waals surface area contributed by atoms with E-state index in [0.717, 1.165) is 51.4 Å². The molecule has 0 radical (unpaired) electrons. The molecule has 7 atom stereocenters. The number of hydrogen-bond acceptors (Lipinski definition) is 11. The molecule has 0 aromatic carbocycles. The molecule has 1 fully saturated rings. The molecular weight excluding hydrogens is 779 g/mol. The Balaban J connectivity index is 2.58. The summed E-state index contributed by atoms with van der Waals surface area (Å²) in [4.78, 5) is 61.9. The molecule has 1 unspecified atom stereocenters. The van der Waals surface area contributed by atoms with Crippen molar-refractivity contribution in [1.29, 1.82) is 0 Å². The summed E-state index contributed by atoms with van der Waals surface area (Å²) in [5, 5.41) is 14.5. The van der Waals surface area contributed by atoms with Crippen molar-refractivity contribution in [2.45, 2.75) is 277 Å². The van der Waals surface area contributed by atoms with Gasteiger partial charge in [0.15, 0.2) is 18.3 Å². The summed E-state index contributed by atoms with van der Waals surface area (Å²) in [7, 11) is 0. The Morgan fingerprint density at radius 3 is 1.25 bits per heavy atom. The van der Waals surface area contributed by atoms with Crippen LogP contribution in [0.5, 0.6) is 0 Å². The predicted molar refractivity (Wildman–Crippen MR) is 240 cm³/mol. The van der Waals surface area contributed by atoms with Gasteiger partial charge in [-0.25, -0.2) is 0 Å². The van der Waals surface area contributed by atoms with Crippen LogP contribution in [0.4, 0.5) is 0 Å². The minimum absolute atomic E-state index is 0.0147. The van der Waals surface area contributed by atoms with E-state index in [2.05, 4.69) is 19.2 Å².